The van der Waals surface area contributed by atoms with Gasteiger partial charge in [0.05, 0.1) is 16.8 Å². The Hall–Kier alpha value is -3.66. The zero-order valence-corrected chi connectivity index (χ0v) is 24.1. The Labute approximate surface area is 241 Å². The number of rotatable bonds is 10. The highest BCUT2D eigenvalue weighted by Crippen LogP contribution is 2.26. The van der Waals surface area contributed by atoms with Crippen LogP contribution in [-0.2, 0) is 21.4 Å². The molecule has 7 nitrogen and oxygen atoms in total. The van der Waals surface area contributed by atoms with E-state index in [1.807, 2.05) is 25.1 Å². The zero-order valence-electron chi connectivity index (χ0n) is 20.9. The number of hydrogen-bond acceptors (Lipinski definition) is 5. The summed E-state index contributed by atoms with van der Waals surface area (Å²) in [6.07, 6.45) is 1.47. The van der Waals surface area contributed by atoms with Gasteiger partial charge in [-0.3, -0.25) is 9.10 Å². The third-order valence-corrected chi connectivity index (χ3v) is 8.09. The first-order valence-electron chi connectivity index (χ1n) is 11.8. The van der Waals surface area contributed by atoms with E-state index in [1.54, 1.807) is 66.7 Å². The average Bonchev–Trinajstić information content (AvgIpc) is 2.91. The largest absolute Gasteiger partial charge is 0.489 e. The first-order chi connectivity index (χ1) is 18.7. The molecule has 4 rings (SSSR count). The van der Waals surface area contributed by atoms with E-state index in [0.717, 1.165) is 21.0 Å². The molecule has 1 N–H and O–H groups in total. The second-order valence-corrected chi connectivity index (χ2v) is 11.8. The van der Waals surface area contributed by atoms with Gasteiger partial charge in [0.15, 0.2) is 0 Å². The van der Waals surface area contributed by atoms with Crippen LogP contribution in [0, 0.1) is 6.92 Å². The average molecular weight is 627 g/mol. The summed E-state index contributed by atoms with van der Waals surface area (Å²) in [5.41, 5.74) is 5.36. The topological polar surface area (TPSA) is 88.1 Å². The maximum atomic E-state index is 13.5. The number of hydrogen-bond donors (Lipinski definition) is 1. The maximum Gasteiger partial charge on any atom is 0.264 e. The van der Waals surface area contributed by atoms with Gasteiger partial charge in [0.2, 0.25) is 0 Å². The summed E-state index contributed by atoms with van der Waals surface area (Å²) in [5.74, 6) is 0.0746. The molecule has 4 aromatic carbocycles. The lowest BCUT2D eigenvalue weighted by Crippen LogP contribution is -2.39. The lowest BCUT2D eigenvalue weighted by atomic mass is 10.2. The number of carbonyl (C=O) groups is 1. The van der Waals surface area contributed by atoms with Crippen LogP contribution in [0.5, 0.6) is 5.75 Å². The molecule has 0 aliphatic rings. The van der Waals surface area contributed by atoms with Crippen molar-refractivity contribution in [2.45, 2.75) is 18.4 Å². The number of halogens is 2. The van der Waals surface area contributed by atoms with Crippen LogP contribution in [0.3, 0.4) is 0 Å². The van der Waals surface area contributed by atoms with Crippen LogP contribution in [0.4, 0.5) is 5.69 Å². The summed E-state index contributed by atoms with van der Waals surface area (Å²) >= 11 is 9.37. The van der Waals surface area contributed by atoms with E-state index in [9.17, 15) is 13.2 Å². The number of carbonyl (C=O) groups excluding carboxylic acids is 1. The molecule has 0 aliphatic carbocycles. The highest BCUT2D eigenvalue weighted by molar-refractivity contribution is 9.10. The summed E-state index contributed by atoms with van der Waals surface area (Å²) in [5, 5.41) is 4.64. The molecule has 0 atom stereocenters. The molecular weight excluding hydrogens is 602 g/mol. The number of sulfonamides is 1. The zero-order chi connectivity index (χ0) is 27.8. The molecule has 0 bridgehead atoms. The predicted molar refractivity (Wildman–Crippen MR) is 158 cm³/mol. The number of nitrogens with zero attached hydrogens (tertiary/aromatic N) is 2. The van der Waals surface area contributed by atoms with Gasteiger partial charge in [0.25, 0.3) is 15.9 Å². The van der Waals surface area contributed by atoms with Crippen molar-refractivity contribution in [3.05, 3.63) is 123 Å². The Kier molecular flexibility index (Phi) is 9.40. The van der Waals surface area contributed by atoms with Gasteiger partial charge in [0, 0.05) is 9.50 Å². The molecule has 10 heteroatoms. The van der Waals surface area contributed by atoms with Gasteiger partial charge >= 0.3 is 0 Å². The molecule has 0 radical (unpaired) electrons. The van der Waals surface area contributed by atoms with Gasteiger partial charge in [-0.05, 0) is 84.8 Å². The summed E-state index contributed by atoms with van der Waals surface area (Å²) < 4.78 is 34.4. The molecule has 0 saturated heterocycles. The standard InChI is InChI=1S/C29H25BrClN3O4S/c1-21-8-14-28(15-9-21)39(36,37)34(26-7-3-5-24(30)17-26)19-29(35)33-32-18-22-10-12-27(13-11-22)38-20-23-4-2-6-25(31)16-23/h2-18H,19-20H2,1H3,(H,33,35)/b32-18-. The van der Waals surface area contributed by atoms with Gasteiger partial charge in [-0.15, -0.1) is 0 Å². The van der Waals surface area contributed by atoms with Crippen molar-refractivity contribution < 1.29 is 17.9 Å². The Morgan fingerprint density at radius 1 is 1.00 bits per heavy atom. The van der Waals surface area contributed by atoms with Crippen LogP contribution in [-0.4, -0.2) is 27.1 Å². The van der Waals surface area contributed by atoms with E-state index in [1.165, 1.54) is 18.3 Å². The summed E-state index contributed by atoms with van der Waals surface area (Å²) in [4.78, 5) is 12.8. The van der Waals surface area contributed by atoms with Crippen molar-refractivity contribution in [1.82, 2.24) is 5.43 Å². The highest BCUT2D eigenvalue weighted by Gasteiger charge is 2.27. The molecule has 0 saturated carbocycles. The first-order valence-corrected chi connectivity index (χ1v) is 14.5. The van der Waals surface area contributed by atoms with E-state index in [-0.39, 0.29) is 4.90 Å². The van der Waals surface area contributed by atoms with E-state index >= 15 is 0 Å². The molecule has 0 heterocycles. The van der Waals surface area contributed by atoms with Crippen molar-refractivity contribution in [2.24, 2.45) is 5.10 Å². The number of anilines is 1. The van der Waals surface area contributed by atoms with Crippen molar-refractivity contribution in [1.29, 1.82) is 0 Å². The van der Waals surface area contributed by atoms with Gasteiger partial charge in [-0.2, -0.15) is 5.10 Å². The quantitative estimate of drug-likeness (QED) is 0.165. The van der Waals surface area contributed by atoms with E-state index < -0.39 is 22.5 Å². The fraction of sp³-hybridized carbons (Fsp3) is 0.103. The predicted octanol–water partition coefficient (Wildman–Crippen LogP) is 6.34. The highest BCUT2D eigenvalue weighted by atomic mass is 79.9. The Balaban J connectivity index is 1.40. The number of ether oxygens (including phenoxy) is 1. The number of nitrogens with one attached hydrogen (secondary N) is 1. The molecule has 4 aromatic rings. The van der Waals surface area contributed by atoms with E-state index in [4.69, 9.17) is 16.3 Å². The number of aryl methyl sites for hydroxylation is 1. The van der Waals surface area contributed by atoms with Crippen LogP contribution < -0.4 is 14.5 Å². The molecule has 39 heavy (non-hydrogen) atoms. The normalized spacial score (nSPS) is 11.4. The van der Waals surface area contributed by atoms with Crippen molar-refractivity contribution in [3.8, 4) is 5.75 Å². The lowest BCUT2D eigenvalue weighted by Gasteiger charge is -2.24. The molecule has 0 unspecified atom stereocenters. The van der Waals surface area contributed by atoms with E-state index in [0.29, 0.717) is 27.5 Å². The fourth-order valence-corrected chi connectivity index (χ4v) is 5.58. The molecule has 0 aromatic heterocycles. The van der Waals surface area contributed by atoms with Gasteiger partial charge in [-0.1, -0.05) is 63.4 Å². The second kappa shape index (κ2) is 12.9. The number of amides is 1. The molecule has 200 valence electrons. The Bertz CT molecular complexity index is 1580. The minimum Gasteiger partial charge on any atom is -0.489 e. The Morgan fingerprint density at radius 3 is 2.41 bits per heavy atom. The SMILES string of the molecule is Cc1ccc(S(=O)(=O)N(CC(=O)N/N=C\c2ccc(OCc3cccc(Cl)c3)cc2)c2cccc(Br)c2)cc1. The maximum absolute atomic E-state index is 13.5. The van der Waals surface area contributed by atoms with Gasteiger partial charge in [-0.25, -0.2) is 13.8 Å². The fourth-order valence-electron chi connectivity index (χ4n) is 3.57. The molecule has 0 aliphatic heterocycles. The van der Waals surface area contributed by atoms with Crippen LogP contribution in [0.25, 0.3) is 0 Å². The van der Waals surface area contributed by atoms with Crippen LogP contribution in [0.1, 0.15) is 16.7 Å². The molecule has 1 amide bonds. The van der Waals surface area contributed by atoms with Crippen molar-refractivity contribution in [3.63, 3.8) is 0 Å². The summed E-state index contributed by atoms with van der Waals surface area (Å²) in [6, 6.07) is 27.8. The molecule has 0 spiro atoms. The smallest absolute Gasteiger partial charge is 0.264 e. The third kappa shape index (κ3) is 7.92. The summed E-state index contributed by atoms with van der Waals surface area (Å²) in [7, 11) is -4.01. The van der Waals surface area contributed by atoms with Gasteiger partial charge < -0.3 is 4.74 Å². The third-order valence-electron chi connectivity index (χ3n) is 5.57. The van der Waals surface area contributed by atoms with E-state index in [2.05, 4.69) is 26.5 Å². The lowest BCUT2D eigenvalue weighted by molar-refractivity contribution is -0.119. The molecule has 0 fully saturated rings. The van der Waals surface area contributed by atoms with Crippen LogP contribution >= 0.6 is 27.5 Å². The number of hydrazone groups is 1. The minimum atomic E-state index is -4.01. The monoisotopic (exact) mass is 625 g/mol. The van der Waals surface area contributed by atoms with Crippen molar-refractivity contribution in [2.75, 3.05) is 10.8 Å². The van der Waals surface area contributed by atoms with Gasteiger partial charge in [0.1, 0.15) is 18.9 Å². The summed E-state index contributed by atoms with van der Waals surface area (Å²) in [6.45, 7) is 1.79. The molecular formula is C29H25BrClN3O4S. The number of benzene rings is 4. The minimum absolute atomic E-state index is 0.0852. The van der Waals surface area contributed by atoms with Crippen molar-refractivity contribution >= 4 is 55.4 Å². The van der Waals surface area contributed by atoms with Crippen LogP contribution in [0.2, 0.25) is 5.02 Å². The van der Waals surface area contributed by atoms with Crippen LogP contribution in [0.15, 0.2) is 112 Å². The Morgan fingerprint density at radius 2 is 1.72 bits per heavy atom. The first kappa shape index (κ1) is 28.4. The second-order valence-electron chi connectivity index (χ2n) is 8.59.